The van der Waals surface area contributed by atoms with Crippen molar-refractivity contribution >= 4 is 22.2 Å². The summed E-state index contributed by atoms with van der Waals surface area (Å²) < 4.78 is 1.37. The summed E-state index contributed by atoms with van der Waals surface area (Å²) in [6, 6.07) is -0.000631. The summed E-state index contributed by atoms with van der Waals surface area (Å²) in [6.07, 6.45) is 2.86. The monoisotopic (exact) mass is 349 g/mol. The molecular formula is C17H23N3O3S. The van der Waals surface area contributed by atoms with Crippen molar-refractivity contribution in [1.82, 2.24) is 14.7 Å². The Morgan fingerprint density at radius 3 is 2.83 bits per heavy atom. The highest BCUT2D eigenvalue weighted by Gasteiger charge is 2.33. The molecule has 3 rings (SSSR count). The number of carbonyl (C=O) groups is 1. The number of amides is 1. The van der Waals surface area contributed by atoms with Gasteiger partial charge in [0.1, 0.15) is 0 Å². The van der Waals surface area contributed by atoms with Crippen LogP contribution in [0.25, 0.3) is 4.96 Å². The van der Waals surface area contributed by atoms with E-state index in [0.29, 0.717) is 16.6 Å². The van der Waals surface area contributed by atoms with Crippen molar-refractivity contribution in [3.05, 3.63) is 27.0 Å². The Morgan fingerprint density at radius 2 is 2.17 bits per heavy atom. The molecule has 1 amide bonds. The van der Waals surface area contributed by atoms with E-state index in [2.05, 4.69) is 31.1 Å². The fraction of sp³-hybridized carbons (Fsp3) is 0.588. The Labute approximate surface area is 144 Å². The maximum absolute atomic E-state index is 12.6. The van der Waals surface area contributed by atoms with Gasteiger partial charge in [0.2, 0.25) is 5.88 Å². The maximum atomic E-state index is 12.6. The number of hydrogen-bond acceptors (Lipinski definition) is 5. The number of aromatic hydroxyl groups is 1. The van der Waals surface area contributed by atoms with E-state index in [4.69, 9.17) is 0 Å². The minimum Gasteiger partial charge on any atom is -0.492 e. The molecule has 24 heavy (non-hydrogen) atoms. The maximum Gasteiger partial charge on any atom is 0.275 e. The van der Waals surface area contributed by atoms with Gasteiger partial charge in [0.05, 0.1) is 0 Å². The minimum atomic E-state index is -0.542. The van der Waals surface area contributed by atoms with Crippen molar-refractivity contribution < 1.29 is 9.90 Å². The zero-order valence-electron chi connectivity index (χ0n) is 14.4. The van der Waals surface area contributed by atoms with Crippen LogP contribution in [0.2, 0.25) is 0 Å². The van der Waals surface area contributed by atoms with Crippen molar-refractivity contribution in [1.29, 1.82) is 0 Å². The average molecular weight is 349 g/mol. The number of hydrogen-bond donors (Lipinski definition) is 2. The number of nitrogens with one attached hydrogen (secondary N) is 1. The third-order valence-electron chi connectivity index (χ3n) is 4.67. The first-order chi connectivity index (χ1) is 11.2. The van der Waals surface area contributed by atoms with Crippen LogP contribution in [0.1, 0.15) is 56.1 Å². The molecule has 0 spiro atoms. The molecule has 1 aliphatic carbocycles. The van der Waals surface area contributed by atoms with Crippen molar-refractivity contribution in [3.63, 3.8) is 0 Å². The molecule has 130 valence electrons. The number of aromatic nitrogens is 2. The normalized spacial score (nSPS) is 23.3. The van der Waals surface area contributed by atoms with E-state index < -0.39 is 17.3 Å². The van der Waals surface area contributed by atoms with Gasteiger partial charge >= 0.3 is 0 Å². The fourth-order valence-electron chi connectivity index (χ4n) is 3.98. The van der Waals surface area contributed by atoms with Gasteiger partial charge in [0.25, 0.3) is 11.5 Å². The van der Waals surface area contributed by atoms with Gasteiger partial charge in [0.15, 0.2) is 10.5 Å². The van der Waals surface area contributed by atoms with Crippen molar-refractivity contribution in [2.24, 2.45) is 11.3 Å². The predicted molar refractivity (Wildman–Crippen MR) is 93.8 cm³/mol. The molecule has 2 N–H and O–H groups in total. The van der Waals surface area contributed by atoms with E-state index in [0.717, 1.165) is 19.3 Å². The lowest BCUT2D eigenvalue weighted by Crippen LogP contribution is -2.44. The first-order valence-electron chi connectivity index (χ1n) is 8.18. The second-order valence-electron chi connectivity index (χ2n) is 7.69. The van der Waals surface area contributed by atoms with Crippen LogP contribution in [-0.2, 0) is 0 Å². The van der Waals surface area contributed by atoms with Crippen LogP contribution in [0.3, 0.4) is 0 Å². The van der Waals surface area contributed by atoms with Gasteiger partial charge in [-0.05, 0) is 37.5 Å². The van der Waals surface area contributed by atoms with Crippen molar-refractivity contribution in [2.45, 2.75) is 53.0 Å². The topological polar surface area (TPSA) is 83.7 Å². The quantitative estimate of drug-likeness (QED) is 0.873. The first kappa shape index (κ1) is 17.0. The number of rotatable bonds is 2. The first-order valence-corrected chi connectivity index (χ1v) is 9.06. The predicted octanol–water partition coefficient (Wildman–Crippen LogP) is 2.71. The van der Waals surface area contributed by atoms with Crippen LogP contribution >= 0.6 is 11.3 Å². The Bertz CT molecular complexity index is 853. The zero-order valence-corrected chi connectivity index (χ0v) is 15.2. The molecule has 0 unspecified atom stereocenters. The van der Waals surface area contributed by atoms with Gasteiger partial charge in [0, 0.05) is 17.1 Å². The Kier molecular flexibility index (Phi) is 4.15. The summed E-state index contributed by atoms with van der Waals surface area (Å²) >= 11 is 1.26. The highest BCUT2D eigenvalue weighted by Crippen LogP contribution is 2.38. The highest BCUT2D eigenvalue weighted by atomic mass is 32.1. The van der Waals surface area contributed by atoms with Crippen molar-refractivity contribution in [2.75, 3.05) is 0 Å². The Balaban J connectivity index is 1.92. The summed E-state index contributed by atoms with van der Waals surface area (Å²) in [4.78, 5) is 29.6. The fourth-order valence-corrected chi connectivity index (χ4v) is 4.84. The number of fused-ring (bicyclic) bond motifs is 1. The van der Waals surface area contributed by atoms with Gasteiger partial charge in [-0.3, -0.25) is 14.0 Å². The molecule has 0 aliphatic heterocycles. The summed E-state index contributed by atoms with van der Waals surface area (Å²) in [6.45, 7) is 8.33. The van der Waals surface area contributed by atoms with E-state index in [1.807, 2.05) is 0 Å². The molecule has 2 heterocycles. The third-order valence-corrected chi connectivity index (χ3v) is 5.61. The lowest BCUT2D eigenvalue weighted by molar-refractivity contribution is 0.0869. The summed E-state index contributed by atoms with van der Waals surface area (Å²) in [5.74, 6) is -0.532. The van der Waals surface area contributed by atoms with E-state index in [9.17, 15) is 14.7 Å². The van der Waals surface area contributed by atoms with E-state index in [-0.39, 0.29) is 17.0 Å². The molecule has 0 aromatic carbocycles. The van der Waals surface area contributed by atoms with E-state index in [1.54, 1.807) is 12.3 Å². The molecule has 1 saturated carbocycles. The van der Waals surface area contributed by atoms with Gasteiger partial charge in [-0.2, -0.15) is 4.98 Å². The molecule has 0 saturated heterocycles. The third kappa shape index (κ3) is 3.05. The summed E-state index contributed by atoms with van der Waals surface area (Å²) in [5, 5.41) is 14.8. The molecule has 1 fully saturated rings. The second-order valence-corrected chi connectivity index (χ2v) is 8.53. The molecule has 2 aromatic heterocycles. The standard InChI is InChI=1S/C17H23N3O3S/c1-9-5-11(7-17(3,4)6-9)18-13(21)12-14(22)19-16-20(15(12)23)10(2)8-24-16/h8-9,11,22H,5-7H2,1-4H3,(H,18,21)/t9-,11-/m1/s1. The lowest BCUT2D eigenvalue weighted by Gasteiger charge is -2.39. The molecule has 2 atom stereocenters. The summed E-state index contributed by atoms with van der Waals surface area (Å²) in [7, 11) is 0. The van der Waals surface area contributed by atoms with Crippen LogP contribution in [0, 0.1) is 18.3 Å². The van der Waals surface area contributed by atoms with E-state index in [1.165, 1.54) is 15.7 Å². The van der Waals surface area contributed by atoms with Crippen LogP contribution in [0.4, 0.5) is 0 Å². The van der Waals surface area contributed by atoms with Gasteiger partial charge < -0.3 is 10.4 Å². The SMILES string of the molecule is Cc1csc2nc(O)c(C(=O)N[C@@H]3C[C@@H](C)CC(C)(C)C3)c(=O)n12. The van der Waals surface area contributed by atoms with Crippen molar-refractivity contribution in [3.8, 4) is 5.88 Å². The summed E-state index contributed by atoms with van der Waals surface area (Å²) in [5.41, 5.74) is 0.0645. The molecule has 2 aromatic rings. The second kappa shape index (κ2) is 5.88. The van der Waals surface area contributed by atoms with Crippen LogP contribution in [0.5, 0.6) is 5.88 Å². The molecule has 6 nitrogen and oxygen atoms in total. The average Bonchev–Trinajstić information content (AvgIpc) is 2.77. The lowest BCUT2D eigenvalue weighted by atomic mass is 9.70. The highest BCUT2D eigenvalue weighted by molar-refractivity contribution is 7.15. The van der Waals surface area contributed by atoms with Crippen LogP contribution in [-0.4, -0.2) is 26.4 Å². The van der Waals surface area contributed by atoms with Crippen LogP contribution in [0.15, 0.2) is 10.2 Å². The molecule has 0 bridgehead atoms. The Hall–Kier alpha value is -1.89. The number of nitrogens with zero attached hydrogens (tertiary/aromatic N) is 2. The van der Waals surface area contributed by atoms with Gasteiger partial charge in [-0.25, -0.2) is 0 Å². The van der Waals surface area contributed by atoms with E-state index >= 15 is 0 Å². The van der Waals surface area contributed by atoms with Gasteiger partial charge in [-0.1, -0.05) is 20.8 Å². The van der Waals surface area contributed by atoms with Gasteiger partial charge in [-0.15, -0.1) is 11.3 Å². The minimum absolute atomic E-state index is 0.000631. The number of carbonyl (C=O) groups excluding carboxylic acids is 1. The zero-order chi connectivity index (χ0) is 17.6. The smallest absolute Gasteiger partial charge is 0.275 e. The molecular weight excluding hydrogens is 326 g/mol. The number of aryl methyl sites for hydroxylation is 1. The van der Waals surface area contributed by atoms with Crippen LogP contribution < -0.4 is 10.9 Å². The molecule has 7 heteroatoms. The number of thiazole rings is 1. The largest absolute Gasteiger partial charge is 0.492 e. The molecule has 0 radical (unpaired) electrons. The molecule has 1 aliphatic rings. The Morgan fingerprint density at radius 1 is 1.46 bits per heavy atom.